The van der Waals surface area contributed by atoms with Gasteiger partial charge < -0.3 is 19.1 Å². The molecule has 0 unspecified atom stereocenters. The zero-order valence-electron chi connectivity index (χ0n) is 18.3. The number of amides is 1. The SMILES string of the molecule is CCN(Cc1ccc2c(c1)OCO2)C(=O)c1cccc(S(=O)(=O)Nc2ccc(OC)cc2)c1. The quantitative estimate of drug-likeness (QED) is 0.539. The molecular formula is C24H24N2O6S. The Morgan fingerprint density at radius 3 is 2.52 bits per heavy atom. The minimum atomic E-state index is -3.88. The maximum atomic E-state index is 13.2. The predicted molar refractivity (Wildman–Crippen MR) is 123 cm³/mol. The first-order valence-electron chi connectivity index (χ1n) is 10.3. The summed E-state index contributed by atoms with van der Waals surface area (Å²) in [6.07, 6.45) is 0. The molecule has 1 aliphatic heterocycles. The molecule has 0 spiro atoms. The second-order valence-electron chi connectivity index (χ2n) is 7.37. The molecule has 1 N–H and O–H groups in total. The summed E-state index contributed by atoms with van der Waals surface area (Å²) < 4.78 is 44.1. The first-order chi connectivity index (χ1) is 15.9. The number of carbonyl (C=O) groups excluding carboxylic acids is 1. The Hall–Kier alpha value is -3.72. The Kier molecular flexibility index (Phi) is 6.41. The number of anilines is 1. The number of methoxy groups -OCH3 is 1. The van der Waals surface area contributed by atoms with Gasteiger partial charge in [-0.15, -0.1) is 0 Å². The fourth-order valence-corrected chi connectivity index (χ4v) is 4.54. The Morgan fingerprint density at radius 1 is 1.03 bits per heavy atom. The van der Waals surface area contributed by atoms with Crippen LogP contribution in [0.4, 0.5) is 5.69 Å². The largest absolute Gasteiger partial charge is 0.497 e. The lowest BCUT2D eigenvalue weighted by molar-refractivity contribution is 0.0752. The van der Waals surface area contributed by atoms with Gasteiger partial charge in [-0.3, -0.25) is 9.52 Å². The van der Waals surface area contributed by atoms with Crippen molar-refractivity contribution in [3.63, 3.8) is 0 Å². The first kappa shape index (κ1) is 22.5. The smallest absolute Gasteiger partial charge is 0.261 e. The van der Waals surface area contributed by atoms with Gasteiger partial charge in [0.05, 0.1) is 12.0 Å². The van der Waals surface area contributed by atoms with E-state index in [0.717, 1.165) is 5.56 Å². The van der Waals surface area contributed by atoms with Gasteiger partial charge in [0, 0.05) is 24.3 Å². The lowest BCUT2D eigenvalue weighted by Gasteiger charge is -2.21. The van der Waals surface area contributed by atoms with E-state index in [1.807, 2.05) is 25.1 Å². The molecular weight excluding hydrogens is 444 g/mol. The van der Waals surface area contributed by atoms with E-state index < -0.39 is 10.0 Å². The molecule has 0 aromatic heterocycles. The average molecular weight is 469 g/mol. The number of nitrogens with zero attached hydrogens (tertiary/aromatic N) is 1. The first-order valence-corrected chi connectivity index (χ1v) is 11.8. The van der Waals surface area contributed by atoms with Crippen molar-refractivity contribution in [2.45, 2.75) is 18.4 Å². The van der Waals surface area contributed by atoms with Gasteiger partial charge >= 0.3 is 0 Å². The van der Waals surface area contributed by atoms with E-state index in [1.54, 1.807) is 41.3 Å². The number of nitrogens with one attached hydrogen (secondary N) is 1. The number of rotatable bonds is 8. The van der Waals surface area contributed by atoms with E-state index in [1.165, 1.54) is 19.2 Å². The van der Waals surface area contributed by atoms with Gasteiger partial charge in [0.25, 0.3) is 15.9 Å². The van der Waals surface area contributed by atoms with Crippen LogP contribution in [0.15, 0.2) is 71.6 Å². The highest BCUT2D eigenvalue weighted by Gasteiger charge is 2.21. The van der Waals surface area contributed by atoms with Gasteiger partial charge in [0.2, 0.25) is 6.79 Å². The minimum absolute atomic E-state index is 0.00306. The van der Waals surface area contributed by atoms with E-state index in [2.05, 4.69) is 4.72 Å². The molecule has 9 heteroatoms. The van der Waals surface area contributed by atoms with Crippen LogP contribution in [-0.4, -0.2) is 39.7 Å². The van der Waals surface area contributed by atoms with Crippen LogP contribution in [0, 0.1) is 0 Å². The summed E-state index contributed by atoms with van der Waals surface area (Å²) in [6, 6.07) is 18.1. The van der Waals surface area contributed by atoms with E-state index >= 15 is 0 Å². The number of benzene rings is 3. The molecule has 3 aromatic rings. The molecule has 1 amide bonds. The highest BCUT2D eigenvalue weighted by atomic mass is 32.2. The molecule has 0 radical (unpaired) electrons. The normalized spacial score (nSPS) is 12.3. The average Bonchev–Trinajstić information content (AvgIpc) is 3.30. The molecule has 0 saturated carbocycles. The molecule has 1 heterocycles. The lowest BCUT2D eigenvalue weighted by atomic mass is 10.1. The number of carbonyl (C=O) groups is 1. The van der Waals surface area contributed by atoms with Gasteiger partial charge in [-0.1, -0.05) is 12.1 Å². The molecule has 0 aliphatic carbocycles. The van der Waals surface area contributed by atoms with Crippen LogP contribution in [-0.2, 0) is 16.6 Å². The van der Waals surface area contributed by atoms with Crippen LogP contribution in [0.5, 0.6) is 17.2 Å². The Morgan fingerprint density at radius 2 is 1.79 bits per heavy atom. The lowest BCUT2D eigenvalue weighted by Crippen LogP contribution is -2.30. The highest BCUT2D eigenvalue weighted by Crippen LogP contribution is 2.33. The van der Waals surface area contributed by atoms with Crippen molar-refractivity contribution in [2.24, 2.45) is 0 Å². The third-order valence-electron chi connectivity index (χ3n) is 5.21. The highest BCUT2D eigenvalue weighted by molar-refractivity contribution is 7.92. The van der Waals surface area contributed by atoms with Gasteiger partial charge in [0.15, 0.2) is 11.5 Å². The number of ether oxygens (including phenoxy) is 3. The maximum absolute atomic E-state index is 13.2. The monoisotopic (exact) mass is 468 g/mol. The molecule has 0 fully saturated rings. The van der Waals surface area contributed by atoms with Crippen LogP contribution in [0.1, 0.15) is 22.8 Å². The van der Waals surface area contributed by atoms with Crippen LogP contribution < -0.4 is 18.9 Å². The van der Waals surface area contributed by atoms with Crippen molar-refractivity contribution in [3.05, 3.63) is 77.9 Å². The second kappa shape index (κ2) is 9.41. The molecule has 172 valence electrons. The number of fused-ring (bicyclic) bond motifs is 1. The zero-order valence-corrected chi connectivity index (χ0v) is 19.1. The van der Waals surface area contributed by atoms with Crippen LogP contribution in [0.25, 0.3) is 0 Å². The Labute approximate surface area is 192 Å². The van der Waals surface area contributed by atoms with Gasteiger partial charge in [-0.05, 0) is 67.1 Å². The Balaban J connectivity index is 1.51. The predicted octanol–water partition coefficient (Wildman–Crippen LogP) is 3.89. The van der Waals surface area contributed by atoms with Crippen molar-refractivity contribution in [1.29, 1.82) is 0 Å². The molecule has 0 saturated heterocycles. The summed E-state index contributed by atoms with van der Waals surface area (Å²) in [6.45, 7) is 2.86. The summed E-state index contributed by atoms with van der Waals surface area (Å²) in [7, 11) is -2.34. The zero-order chi connectivity index (χ0) is 23.4. The van der Waals surface area contributed by atoms with E-state index in [4.69, 9.17) is 14.2 Å². The molecule has 3 aromatic carbocycles. The topological polar surface area (TPSA) is 94.2 Å². The van der Waals surface area contributed by atoms with Gasteiger partial charge in [-0.2, -0.15) is 0 Å². The van der Waals surface area contributed by atoms with Crippen molar-refractivity contribution < 1.29 is 27.4 Å². The van der Waals surface area contributed by atoms with Crippen molar-refractivity contribution in [1.82, 2.24) is 4.90 Å². The molecule has 1 aliphatic rings. The van der Waals surface area contributed by atoms with Gasteiger partial charge in [-0.25, -0.2) is 8.42 Å². The third-order valence-corrected chi connectivity index (χ3v) is 6.59. The standard InChI is InChI=1S/C24H24N2O6S/c1-3-26(15-17-7-12-22-23(13-17)32-16-31-22)24(27)18-5-4-6-21(14-18)33(28,29)25-19-8-10-20(30-2)11-9-19/h4-14,25H,3,15-16H2,1-2H3. The van der Waals surface area contributed by atoms with Crippen LogP contribution in [0.3, 0.4) is 0 Å². The summed E-state index contributed by atoms with van der Waals surface area (Å²) in [5.74, 6) is 1.67. The molecule has 33 heavy (non-hydrogen) atoms. The van der Waals surface area contributed by atoms with Crippen molar-refractivity contribution in [2.75, 3.05) is 25.2 Å². The Bertz CT molecular complexity index is 1260. The minimum Gasteiger partial charge on any atom is -0.497 e. The summed E-state index contributed by atoms with van der Waals surface area (Å²) >= 11 is 0. The molecule has 4 rings (SSSR count). The van der Waals surface area contributed by atoms with E-state index in [-0.39, 0.29) is 23.2 Å². The summed E-state index contributed by atoms with van der Waals surface area (Å²) in [5.41, 5.74) is 1.57. The van der Waals surface area contributed by atoms with Gasteiger partial charge in [0.1, 0.15) is 5.75 Å². The summed E-state index contributed by atoms with van der Waals surface area (Å²) in [5, 5.41) is 0. The maximum Gasteiger partial charge on any atom is 0.261 e. The molecule has 0 atom stereocenters. The third kappa shape index (κ3) is 5.04. The fraction of sp³-hybridized carbons (Fsp3) is 0.208. The number of sulfonamides is 1. The van der Waals surface area contributed by atoms with Crippen molar-refractivity contribution in [3.8, 4) is 17.2 Å². The number of hydrogen-bond donors (Lipinski definition) is 1. The van der Waals surface area contributed by atoms with E-state index in [9.17, 15) is 13.2 Å². The fourth-order valence-electron chi connectivity index (χ4n) is 3.44. The van der Waals surface area contributed by atoms with Crippen LogP contribution in [0.2, 0.25) is 0 Å². The van der Waals surface area contributed by atoms with Crippen molar-refractivity contribution >= 4 is 21.6 Å². The molecule has 8 nitrogen and oxygen atoms in total. The van der Waals surface area contributed by atoms with Crippen LogP contribution >= 0.6 is 0 Å². The van der Waals surface area contributed by atoms with E-state index in [0.29, 0.717) is 36.0 Å². The number of hydrogen-bond acceptors (Lipinski definition) is 6. The summed E-state index contributed by atoms with van der Waals surface area (Å²) in [4.78, 5) is 14.8. The molecule has 0 bridgehead atoms. The second-order valence-corrected chi connectivity index (χ2v) is 9.05.